The van der Waals surface area contributed by atoms with E-state index in [0.29, 0.717) is 31.5 Å². The number of aliphatic imine (C=N–C) groups is 1. The van der Waals surface area contributed by atoms with Gasteiger partial charge in [-0.15, -0.1) is 0 Å². The summed E-state index contributed by atoms with van der Waals surface area (Å²) in [7, 11) is -3.08. The van der Waals surface area contributed by atoms with Crippen molar-refractivity contribution in [2.45, 2.75) is 32.8 Å². The molecule has 25 heavy (non-hydrogen) atoms. The van der Waals surface area contributed by atoms with Gasteiger partial charge in [-0.1, -0.05) is 0 Å². The molecule has 0 aliphatic carbocycles. The van der Waals surface area contributed by atoms with E-state index in [1.54, 1.807) is 0 Å². The molecule has 7 nitrogen and oxygen atoms in total. The molecule has 1 fully saturated rings. The Labute approximate surface area is 150 Å². The molecule has 0 saturated carbocycles. The Bertz CT molecular complexity index is 678. The Morgan fingerprint density at radius 1 is 1.32 bits per heavy atom. The van der Waals surface area contributed by atoms with Crippen LogP contribution >= 0.6 is 0 Å². The van der Waals surface area contributed by atoms with E-state index in [-0.39, 0.29) is 6.10 Å². The second-order valence-corrected chi connectivity index (χ2v) is 8.63. The Morgan fingerprint density at radius 3 is 2.44 bits per heavy atom. The molecule has 0 unspecified atom stereocenters. The van der Waals surface area contributed by atoms with Gasteiger partial charge in [-0.05, 0) is 56.9 Å². The number of nitrogens with zero attached hydrogens (tertiary/aromatic N) is 2. The average molecular weight is 369 g/mol. The van der Waals surface area contributed by atoms with Crippen molar-refractivity contribution in [3.8, 4) is 5.75 Å². The SMILES string of the molecule is CC(C)Oc1ccc(NC(N)=NCC2CCN(S(C)(=O)=O)CC2)cc1. The van der Waals surface area contributed by atoms with Gasteiger partial charge in [0, 0.05) is 25.3 Å². The molecule has 1 aromatic carbocycles. The monoisotopic (exact) mass is 368 g/mol. The first-order chi connectivity index (χ1) is 11.7. The molecule has 0 radical (unpaired) electrons. The third-order valence-corrected chi connectivity index (χ3v) is 5.36. The molecular formula is C17H28N4O3S. The molecule has 0 atom stereocenters. The molecule has 0 aromatic heterocycles. The van der Waals surface area contributed by atoms with Crippen LogP contribution in [-0.2, 0) is 10.0 Å². The summed E-state index contributed by atoms with van der Waals surface area (Å²) >= 11 is 0. The van der Waals surface area contributed by atoms with Crippen molar-refractivity contribution in [3.63, 3.8) is 0 Å². The first kappa shape index (κ1) is 19.5. The van der Waals surface area contributed by atoms with Gasteiger partial charge in [0.25, 0.3) is 0 Å². The van der Waals surface area contributed by atoms with Gasteiger partial charge < -0.3 is 15.8 Å². The van der Waals surface area contributed by atoms with Crippen LogP contribution in [0.2, 0.25) is 0 Å². The predicted molar refractivity (Wildman–Crippen MR) is 101 cm³/mol. The van der Waals surface area contributed by atoms with Crippen molar-refractivity contribution >= 4 is 21.7 Å². The van der Waals surface area contributed by atoms with Gasteiger partial charge in [0.1, 0.15) is 5.75 Å². The Hall–Kier alpha value is -1.80. The quantitative estimate of drug-likeness (QED) is 0.590. The third kappa shape index (κ3) is 6.55. The van der Waals surface area contributed by atoms with Gasteiger partial charge in [0.15, 0.2) is 5.96 Å². The number of nitrogens with one attached hydrogen (secondary N) is 1. The predicted octanol–water partition coefficient (Wildman–Crippen LogP) is 1.87. The smallest absolute Gasteiger partial charge is 0.211 e. The third-order valence-electron chi connectivity index (χ3n) is 4.06. The van der Waals surface area contributed by atoms with Crippen LogP contribution in [0.5, 0.6) is 5.75 Å². The highest BCUT2D eigenvalue weighted by Gasteiger charge is 2.24. The van der Waals surface area contributed by atoms with Crippen molar-refractivity contribution in [2.24, 2.45) is 16.6 Å². The van der Waals surface area contributed by atoms with E-state index in [1.165, 1.54) is 10.6 Å². The maximum atomic E-state index is 11.5. The number of nitrogens with two attached hydrogens (primary N) is 1. The fourth-order valence-corrected chi connectivity index (χ4v) is 3.60. The highest BCUT2D eigenvalue weighted by molar-refractivity contribution is 7.88. The fraction of sp³-hybridized carbons (Fsp3) is 0.588. The number of sulfonamides is 1. The number of piperidine rings is 1. The van der Waals surface area contributed by atoms with Crippen molar-refractivity contribution in [2.75, 3.05) is 31.2 Å². The summed E-state index contributed by atoms with van der Waals surface area (Å²) in [5, 5.41) is 3.06. The van der Waals surface area contributed by atoms with Gasteiger partial charge in [0.05, 0.1) is 12.4 Å². The van der Waals surface area contributed by atoms with Gasteiger partial charge in [0.2, 0.25) is 10.0 Å². The summed E-state index contributed by atoms with van der Waals surface area (Å²) in [4.78, 5) is 4.39. The minimum absolute atomic E-state index is 0.138. The normalized spacial score (nSPS) is 17.7. The molecule has 0 bridgehead atoms. The minimum atomic E-state index is -3.08. The Kier molecular flexibility index (Phi) is 6.66. The van der Waals surface area contributed by atoms with Crippen molar-refractivity contribution < 1.29 is 13.2 Å². The summed E-state index contributed by atoms with van der Waals surface area (Å²) in [5.41, 5.74) is 6.79. The molecule has 8 heteroatoms. The van der Waals surface area contributed by atoms with Crippen LogP contribution in [0, 0.1) is 5.92 Å². The Morgan fingerprint density at radius 2 is 1.92 bits per heavy atom. The summed E-state index contributed by atoms with van der Waals surface area (Å²) in [6, 6.07) is 7.56. The van der Waals surface area contributed by atoms with Crippen molar-refractivity contribution in [1.82, 2.24) is 4.31 Å². The number of hydrogen-bond acceptors (Lipinski definition) is 4. The molecule has 1 heterocycles. The topological polar surface area (TPSA) is 97.0 Å². The van der Waals surface area contributed by atoms with Crippen LogP contribution in [0.3, 0.4) is 0 Å². The molecule has 2 rings (SSSR count). The number of benzene rings is 1. The zero-order chi connectivity index (χ0) is 18.4. The van der Waals surface area contributed by atoms with Crippen molar-refractivity contribution in [3.05, 3.63) is 24.3 Å². The second-order valence-electron chi connectivity index (χ2n) is 6.65. The number of guanidine groups is 1. The minimum Gasteiger partial charge on any atom is -0.491 e. The summed E-state index contributed by atoms with van der Waals surface area (Å²) < 4.78 is 30.1. The molecule has 1 aromatic rings. The number of hydrogen-bond donors (Lipinski definition) is 2. The standard InChI is InChI=1S/C17H28N4O3S/c1-13(2)24-16-6-4-15(5-7-16)20-17(18)19-12-14-8-10-21(11-9-14)25(3,22)23/h4-7,13-14H,8-12H2,1-3H3,(H3,18,19,20). The van der Waals surface area contributed by atoms with Crippen LogP contribution < -0.4 is 15.8 Å². The zero-order valence-electron chi connectivity index (χ0n) is 15.1. The lowest BCUT2D eigenvalue weighted by Gasteiger charge is -2.29. The lowest BCUT2D eigenvalue weighted by molar-refractivity contribution is 0.242. The highest BCUT2D eigenvalue weighted by Crippen LogP contribution is 2.20. The number of rotatable bonds is 6. The summed E-state index contributed by atoms with van der Waals surface area (Å²) in [6.45, 7) is 5.69. The molecule has 1 aliphatic heterocycles. The van der Waals surface area contributed by atoms with Gasteiger partial charge in [-0.25, -0.2) is 12.7 Å². The maximum absolute atomic E-state index is 11.5. The van der Waals surface area contributed by atoms with E-state index in [2.05, 4.69) is 10.3 Å². The largest absolute Gasteiger partial charge is 0.491 e. The zero-order valence-corrected chi connectivity index (χ0v) is 15.9. The molecule has 0 amide bonds. The van der Waals surface area contributed by atoms with Crippen LogP contribution in [-0.4, -0.2) is 50.7 Å². The fourth-order valence-electron chi connectivity index (χ4n) is 2.73. The van der Waals surface area contributed by atoms with E-state index in [9.17, 15) is 8.42 Å². The van der Waals surface area contributed by atoms with E-state index >= 15 is 0 Å². The number of ether oxygens (including phenoxy) is 1. The van der Waals surface area contributed by atoms with E-state index in [0.717, 1.165) is 24.3 Å². The van der Waals surface area contributed by atoms with E-state index in [1.807, 2.05) is 38.1 Å². The Balaban J connectivity index is 1.80. The van der Waals surface area contributed by atoms with Crippen molar-refractivity contribution in [1.29, 1.82) is 0 Å². The highest BCUT2D eigenvalue weighted by atomic mass is 32.2. The molecule has 1 saturated heterocycles. The summed E-state index contributed by atoms with van der Waals surface area (Å²) in [5.74, 6) is 1.54. The molecule has 140 valence electrons. The number of anilines is 1. The second kappa shape index (κ2) is 8.53. The lowest BCUT2D eigenvalue weighted by atomic mass is 9.98. The van der Waals surface area contributed by atoms with E-state index in [4.69, 9.17) is 10.5 Å². The average Bonchev–Trinajstić information content (AvgIpc) is 2.54. The first-order valence-electron chi connectivity index (χ1n) is 8.53. The lowest BCUT2D eigenvalue weighted by Crippen LogP contribution is -2.38. The van der Waals surface area contributed by atoms with Crippen LogP contribution in [0.1, 0.15) is 26.7 Å². The van der Waals surface area contributed by atoms with Crippen LogP contribution in [0.15, 0.2) is 29.3 Å². The van der Waals surface area contributed by atoms with Gasteiger partial charge in [-0.2, -0.15) is 0 Å². The van der Waals surface area contributed by atoms with Crippen LogP contribution in [0.4, 0.5) is 5.69 Å². The maximum Gasteiger partial charge on any atom is 0.211 e. The van der Waals surface area contributed by atoms with Crippen LogP contribution in [0.25, 0.3) is 0 Å². The molecule has 0 spiro atoms. The molecule has 1 aliphatic rings. The summed E-state index contributed by atoms with van der Waals surface area (Å²) in [6.07, 6.45) is 3.01. The molecule has 3 N–H and O–H groups in total. The first-order valence-corrected chi connectivity index (χ1v) is 10.4. The molecular weight excluding hydrogens is 340 g/mol. The van der Waals surface area contributed by atoms with Gasteiger partial charge >= 0.3 is 0 Å². The van der Waals surface area contributed by atoms with Gasteiger partial charge in [-0.3, -0.25) is 4.99 Å². The van der Waals surface area contributed by atoms with E-state index < -0.39 is 10.0 Å².